The molecule has 1 fully saturated rings. The first-order valence-corrected chi connectivity index (χ1v) is 11.3. The number of piperidine rings is 1. The average Bonchev–Trinajstić information content (AvgIpc) is 3.13. The summed E-state index contributed by atoms with van der Waals surface area (Å²) in [6.45, 7) is 4.98. The second-order valence-corrected chi connectivity index (χ2v) is 9.00. The molecule has 1 amide bonds. The van der Waals surface area contributed by atoms with Crippen molar-refractivity contribution in [2.75, 3.05) is 39.0 Å². The molecule has 3 aromatic rings. The highest BCUT2D eigenvalue weighted by Crippen LogP contribution is 2.31. The number of likely N-dealkylation sites (tertiary alicyclic amines) is 1. The minimum absolute atomic E-state index is 0.0460. The summed E-state index contributed by atoms with van der Waals surface area (Å²) >= 11 is 0. The summed E-state index contributed by atoms with van der Waals surface area (Å²) in [7, 11) is 4.02. The van der Waals surface area contributed by atoms with Crippen LogP contribution >= 0.6 is 0 Å². The monoisotopic (exact) mass is 436 g/mol. The van der Waals surface area contributed by atoms with Crippen LogP contribution in [0.3, 0.4) is 0 Å². The van der Waals surface area contributed by atoms with E-state index < -0.39 is 0 Å². The molecule has 7 nitrogen and oxygen atoms in total. The zero-order valence-corrected chi connectivity index (χ0v) is 18.8. The van der Waals surface area contributed by atoms with Crippen LogP contribution in [-0.2, 0) is 13.0 Å². The van der Waals surface area contributed by atoms with Crippen LogP contribution in [0, 0.1) is 12.7 Å². The van der Waals surface area contributed by atoms with Gasteiger partial charge in [-0.05, 0) is 57.0 Å². The summed E-state index contributed by atoms with van der Waals surface area (Å²) in [5, 5.41) is 4.00. The minimum Gasteiger partial charge on any atom is -0.373 e. The van der Waals surface area contributed by atoms with E-state index in [1.165, 1.54) is 17.7 Å². The minimum atomic E-state index is -0.299. The molecule has 2 aromatic heterocycles. The highest BCUT2D eigenvalue weighted by molar-refractivity contribution is 6.01. The molecule has 1 aromatic carbocycles. The van der Waals surface area contributed by atoms with Crippen LogP contribution in [0.1, 0.15) is 51.9 Å². The number of hydrogen-bond acceptors (Lipinski definition) is 5. The molecule has 1 unspecified atom stereocenters. The molecule has 0 saturated carbocycles. The molecule has 0 spiro atoms. The lowest BCUT2D eigenvalue weighted by atomic mass is 9.95. The van der Waals surface area contributed by atoms with Crippen molar-refractivity contribution in [2.45, 2.75) is 38.6 Å². The molecule has 32 heavy (non-hydrogen) atoms. The zero-order valence-electron chi connectivity index (χ0n) is 18.8. The molecule has 1 atom stereocenters. The summed E-state index contributed by atoms with van der Waals surface area (Å²) in [5.74, 6) is 1.48. The van der Waals surface area contributed by atoms with Gasteiger partial charge >= 0.3 is 0 Å². The number of likely N-dealkylation sites (N-methyl/N-ethyl adjacent to an activating group) is 1. The number of nitrogens with zero attached hydrogens (tertiary/aromatic N) is 4. The van der Waals surface area contributed by atoms with Crippen molar-refractivity contribution in [3.05, 3.63) is 52.4 Å². The Bertz CT molecular complexity index is 1190. The van der Waals surface area contributed by atoms with Crippen LogP contribution in [0.15, 0.2) is 18.2 Å². The quantitative estimate of drug-likeness (QED) is 0.658. The van der Waals surface area contributed by atoms with Gasteiger partial charge in [-0.25, -0.2) is 14.4 Å². The first-order valence-electron chi connectivity index (χ1n) is 11.3. The number of anilines is 1. The molecule has 2 N–H and O–H groups in total. The number of halogens is 1. The van der Waals surface area contributed by atoms with Gasteiger partial charge < -0.3 is 20.1 Å². The van der Waals surface area contributed by atoms with Crippen molar-refractivity contribution in [3.8, 4) is 0 Å². The first kappa shape index (κ1) is 20.9. The maximum atomic E-state index is 13.7. The van der Waals surface area contributed by atoms with Crippen molar-refractivity contribution >= 4 is 22.6 Å². The number of amides is 1. The number of carbonyl (C=O) groups excluding carboxylic acids is 1. The number of rotatable bonds is 3. The third kappa shape index (κ3) is 3.62. The topological polar surface area (TPSA) is 77.1 Å². The molecule has 2 aliphatic heterocycles. The van der Waals surface area contributed by atoms with Gasteiger partial charge in [-0.3, -0.25) is 4.79 Å². The third-order valence-corrected chi connectivity index (χ3v) is 6.82. The molecule has 1 saturated heterocycles. The SMILES string of the molecule is CNc1nc(C2CCCN(C(=O)c3[nH]c4ccc(F)cc4c3C)C2)nc2c1CCN(C)C2. The van der Waals surface area contributed by atoms with E-state index in [2.05, 4.69) is 22.2 Å². The molecule has 8 heteroatoms. The van der Waals surface area contributed by atoms with Gasteiger partial charge in [0.2, 0.25) is 0 Å². The number of H-pyrrole nitrogens is 1. The van der Waals surface area contributed by atoms with Crippen molar-refractivity contribution in [2.24, 2.45) is 0 Å². The van der Waals surface area contributed by atoms with Crippen LogP contribution in [0.5, 0.6) is 0 Å². The Labute approximate surface area is 187 Å². The van der Waals surface area contributed by atoms with E-state index in [-0.39, 0.29) is 17.6 Å². The van der Waals surface area contributed by atoms with Crippen LogP contribution in [-0.4, -0.2) is 64.4 Å². The molecule has 0 aliphatic carbocycles. The average molecular weight is 437 g/mol. The molecule has 0 bridgehead atoms. The van der Waals surface area contributed by atoms with Crippen LogP contribution < -0.4 is 5.32 Å². The van der Waals surface area contributed by atoms with E-state index in [0.29, 0.717) is 18.8 Å². The van der Waals surface area contributed by atoms with E-state index in [9.17, 15) is 9.18 Å². The Morgan fingerprint density at radius 3 is 2.94 bits per heavy atom. The van der Waals surface area contributed by atoms with E-state index in [1.54, 1.807) is 6.07 Å². The Morgan fingerprint density at radius 2 is 2.12 bits per heavy atom. The normalized spacial score (nSPS) is 19.2. The predicted molar refractivity (Wildman–Crippen MR) is 122 cm³/mol. The van der Waals surface area contributed by atoms with Gasteiger partial charge in [-0.15, -0.1) is 0 Å². The van der Waals surface area contributed by atoms with E-state index in [1.807, 2.05) is 18.9 Å². The molecule has 5 rings (SSSR count). The fourth-order valence-corrected chi connectivity index (χ4v) is 5.01. The lowest BCUT2D eigenvalue weighted by Crippen LogP contribution is -2.40. The number of nitrogens with one attached hydrogen (secondary N) is 2. The van der Waals surface area contributed by atoms with E-state index >= 15 is 0 Å². The van der Waals surface area contributed by atoms with Crippen molar-refractivity contribution in [3.63, 3.8) is 0 Å². The van der Waals surface area contributed by atoms with Gasteiger partial charge in [-0.2, -0.15) is 0 Å². The Hall–Kier alpha value is -3.00. The highest BCUT2D eigenvalue weighted by atomic mass is 19.1. The molecule has 2 aliphatic rings. The largest absolute Gasteiger partial charge is 0.373 e. The first-order chi connectivity index (χ1) is 15.4. The summed E-state index contributed by atoms with van der Waals surface area (Å²) in [5.41, 5.74) is 4.40. The zero-order chi connectivity index (χ0) is 22.4. The Balaban J connectivity index is 1.42. The molecule has 0 radical (unpaired) electrons. The summed E-state index contributed by atoms with van der Waals surface area (Å²) in [6, 6.07) is 4.58. The number of benzene rings is 1. The second-order valence-electron chi connectivity index (χ2n) is 9.00. The lowest BCUT2D eigenvalue weighted by Gasteiger charge is -2.33. The van der Waals surface area contributed by atoms with Gasteiger partial charge in [0, 0.05) is 55.6 Å². The maximum Gasteiger partial charge on any atom is 0.270 e. The number of fused-ring (bicyclic) bond motifs is 2. The lowest BCUT2D eigenvalue weighted by molar-refractivity contribution is 0.0698. The summed E-state index contributed by atoms with van der Waals surface area (Å²) in [4.78, 5) is 30.6. The molecule has 168 valence electrons. The molecule has 4 heterocycles. The fourth-order valence-electron chi connectivity index (χ4n) is 5.01. The van der Waals surface area contributed by atoms with Crippen LogP contribution in [0.4, 0.5) is 10.2 Å². The van der Waals surface area contributed by atoms with Crippen LogP contribution in [0.25, 0.3) is 10.9 Å². The van der Waals surface area contributed by atoms with Crippen molar-refractivity contribution in [1.29, 1.82) is 0 Å². The number of carbonyl (C=O) groups is 1. The van der Waals surface area contributed by atoms with E-state index in [4.69, 9.17) is 9.97 Å². The van der Waals surface area contributed by atoms with Crippen molar-refractivity contribution < 1.29 is 9.18 Å². The smallest absolute Gasteiger partial charge is 0.270 e. The number of aryl methyl sites for hydroxylation is 1. The van der Waals surface area contributed by atoms with Gasteiger partial charge in [0.15, 0.2) is 0 Å². The second kappa shape index (κ2) is 8.16. The van der Waals surface area contributed by atoms with Gasteiger partial charge in [0.1, 0.15) is 23.2 Å². The Kier molecular flexibility index (Phi) is 5.33. The standard InChI is InChI=1S/C24H29FN6O/c1-14-18-11-16(25)6-7-19(18)27-21(14)24(32)31-9-4-5-15(12-31)22-28-20-13-30(3)10-8-17(20)23(26-2)29-22/h6-7,11,15,27H,4-5,8-10,12-13H2,1-3H3,(H,26,28,29). The summed E-state index contributed by atoms with van der Waals surface area (Å²) < 4.78 is 13.7. The van der Waals surface area contributed by atoms with E-state index in [0.717, 1.165) is 66.2 Å². The maximum absolute atomic E-state index is 13.7. The van der Waals surface area contributed by atoms with Gasteiger partial charge in [-0.1, -0.05) is 0 Å². The third-order valence-electron chi connectivity index (χ3n) is 6.82. The number of aromatic amines is 1. The fraction of sp³-hybridized carbons (Fsp3) is 0.458. The molecular formula is C24H29FN6O. The summed E-state index contributed by atoms with van der Waals surface area (Å²) in [6.07, 6.45) is 2.80. The van der Waals surface area contributed by atoms with Crippen LogP contribution in [0.2, 0.25) is 0 Å². The Morgan fingerprint density at radius 1 is 1.28 bits per heavy atom. The number of aromatic nitrogens is 3. The highest BCUT2D eigenvalue weighted by Gasteiger charge is 2.30. The van der Waals surface area contributed by atoms with Crippen molar-refractivity contribution in [1.82, 2.24) is 24.8 Å². The molecular weight excluding hydrogens is 407 g/mol. The van der Waals surface area contributed by atoms with Gasteiger partial charge in [0.05, 0.1) is 5.69 Å². The predicted octanol–water partition coefficient (Wildman–Crippen LogP) is 3.45. The van der Waals surface area contributed by atoms with Gasteiger partial charge in [0.25, 0.3) is 5.91 Å². The number of hydrogen-bond donors (Lipinski definition) is 2.